The smallest absolute Gasteiger partial charge is 0.408 e. The lowest BCUT2D eigenvalue weighted by molar-refractivity contribution is 0.149. The van der Waals surface area contributed by atoms with Crippen LogP contribution >= 0.6 is 30.1 Å². The molecule has 0 aromatic heterocycles. The number of carbonyl (C=O) groups excluding carboxylic acids is 1. The highest BCUT2D eigenvalue weighted by atomic mass is 127. The lowest BCUT2D eigenvalue weighted by Crippen LogP contribution is -2.44. The van der Waals surface area contributed by atoms with E-state index in [4.69, 9.17) is 4.74 Å². The number of rotatable bonds is 8. The zero-order valence-electron chi connectivity index (χ0n) is 12.6. The predicted molar refractivity (Wildman–Crippen MR) is 97.1 cm³/mol. The Morgan fingerprint density at radius 1 is 1.30 bits per heavy atom. The van der Waals surface area contributed by atoms with Crippen LogP contribution in [0.1, 0.15) is 40.5 Å². The SMILES string of the molecule is C\C=C/C=C\C(=C/C)COC(=O)NC(CC)(CC)SI. The average Bonchev–Trinajstić information content (AvgIpc) is 2.48. The van der Waals surface area contributed by atoms with Gasteiger partial charge in [0.05, 0.1) is 4.87 Å². The van der Waals surface area contributed by atoms with E-state index in [0.29, 0.717) is 0 Å². The summed E-state index contributed by atoms with van der Waals surface area (Å²) in [6.07, 6.45) is 11.1. The van der Waals surface area contributed by atoms with Crippen LogP contribution in [0.25, 0.3) is 0 Å². The molecule has 5 heteroatoms. The molecular weight excluding hydrogens is 385 g/mol. The van der Waals surface area contributed by atoms with Crippen molar-refractivity contribution in [2.75, 3.05) is 6.61 Å². The Morgan fingerprint density at radius 3 is 2.40 bits per heavy atom. The Morgan fingerprint density at radius 2 is 1.95 bits per heavy atom. The summed E-state index contributed by atoms with van der Waals surface area (Å²) in [7, 11) is 1.62. The number of ether oxygens (including phenoxy) is 1. The largest absolute Gasteiger partial charge is 0.445 e. The van der Waals surface area contributed by atoms with E-state index in [0.717, 1.165) is 18.4 Å². The van der Waals surface area contributed by atoms with Crippen molar-refractivity contribution in [3.63, 3.8) is 0 Å². The summed E-state index contributed by atoms with van der Waals surface area (Å²) < 4.78 is 5.28. The molecule has 0 atom stereocenters. The maximum Gasteiger partial charge on any atom is 0.408 e. The Hall–Kier alpha value is -0.430. The van der Waals surface area contributed by atoms with Gasteiger partial charge >= 0.3 is 6.09 Å². The number of carbonyl (C=O) groups is 1. The van der Waals surface area contributed by atoms with E-state index in [-0.39, 0.29) is 17.6 Å². The van der Waals surface area contributed by atoms with Gasteiger partial charge in [-0.05, 0) is 53.5 Å². The molecule has 114 valence electrons. The fourth-order valence-corrected chi connectivity index (χ4v) is 3.98. The average molecular weight is 409 g/mol. The molecule has 1 amide bonds. The molecule has 0 heterocycles. The van der Waals surface area contributed by atoms with Crippen molar-refractivity contribution in [2.45, 2.75) is 45.4 Å². The van der Waals surface area contributed by atoms with Crippen LogP contribution < -0.4 is 5.32 Å². The third-order valence-electron chi connectivity index (χ3n) is 2.97. The Bertz CT molecular complexity index is 366. The number of halogens is 1. The molecule has 0 unspecified atom stereocenters. The number of nitrogens with one attached hydrogen (secondary N) is 1. The first-order chi connectivity index (χ1) is 9.57. The maximum atomic E-state index is 11.9. The molecule has 0 aliphatic rings. The summed E-state index contributed by atoms with van der Waals surface area (Å²) in [5.41, 5.74) is 0.971. The number of alkyl carbamates (subject to hydrolysis) is 1. The zero-order chi connectivity index (χ0) is 15.4. The van der Waals surface area contributed by atoms with E-state index < -0.39 is 0 Å². The normalized spacial score (nSPS) is 13.2. The van der Waals surface area contributed by atoms with E-state index in [2.05, 4.69) is 40.4 Å². The fourth-order valence-electron chi connectivity index (χ4n) is 1.44. The molecular formula is C15H24INO2S. The van der Waals surface area contributed by atoms with E-state index in [1.165, 1.54) is 0 Å². The molecule has 0 saturated carbocycles. The van der Waals surface area contributed by atoms with Crippen LogP contribution in [0.3, 0.4) is 0 Å². The topological polar surface area (TPSA) is 38.3 Å². The van der Waals surface area contributed by atoms with Gasteiger partial charge in [0.25, 0.3) is 0 Å². The predicted octanol–water partition coefficient (Wildman–Crippen LogP) is 5.39. The van der Waals surface area contributed by atoms with Crippen LogP contribution in [0, 0.1) is 0 Å². The molecule has 0 aromatic rings. The van der Waals surface area contributed by atoms with Crippen molar-refractivity contribution < 1.29 is 9.53 Å². The van der Waals surface area contributed by atoms with Crippen LogP contribution in [0.15, 0.2) is 36.0 Å². The van der Waals surface area contributed by atoms with Crippen LogP contribution in [0.2, 0.25) is 0 Å². The maximum absolute atomic E-state index is 11.9. The second-order valence-corrected chi connectivity index (χ2v) is 6.49. The van der Waals surface area contributed by atoms with Gasteiger partial charge in [-0.1, -0.05) is 53.2 Å². The molecule has 0 rings (SSSR count). The van der Waals surface area contributed by atoms with Crippen LogP contribution in [-0.4, -0.2) is 17.6 Å². The summed E-state index contributed by atoms with van der Waals surface area (Å²) in [6.45, 7) is 8.30. The van der Waals surface area contributed by atoms with Gasteiger partial charge < -0.3 is 10.1 Å². The molecule has 20 heavy (non-hydrogen) atoms. The minimum Gasteiger partial charge on any atom is -0.445 e. The van der Waals surface area contributed by atoms with Crippen molar-refractivity contribution in [3.05, 3.63) is 36.0 Å². The first kappa shape index (κ1) is 19.6. The minimum atomic E-state index is -0.364. The van der Waals surface area contributed by atoms with Gasteiger partial charge in [-0.3, -0.25) is 0 Å². The van der Waals surface area contributed by atoms with Crippen molar-refractivity contribution in [1.82, 2.24) is 5.32 Å². The van der Waals surface area contributed by atoms with Gasteiger partial charge in [0.15, 0.2) is 0 Å². The molecule has 0 spiro atoms. The van der Waals surface area contributed by atoms with Crippen molar-refractivity contribution in [2.24, 2.45) is 0 Å². The molecule has 3 nitrogen and oxygen atoms in total. The van der Waals surface area contributed by atoms with Crippen LogP contribution in [0.4, 0.5) is 4.79 Å². The van der Waals surface area contributed by atoms with Gasteiger partial charge in [-0.25, -0.2) is 4.79 Å². The molecule has 0 aromatic carbocycles. The molecule has 0 radical (unpaired) electrons. The Labute approximate surface area is 138 Å². The van der Waals surface area contributed by atoms with Gasteiger partial charge in [0, 0.05) is 0 Å². The molecule has 0 fully saturated rings. The monoisotopic (exact) mass is 409 g/mol. The molecule has 0 saturated heterocycles. The number of hydrogen-bond donors (Lipinski definition) is 1. The zero-order valence-corrected chi connectivity index (χ0v) is 15.6. The first-order valence-electron chi connectivity index (χ1n) is 6.76. The third kappa shape index (κ3) is 7.38. The van der Waals surface area contributed by atoms with E-state index in [1.807, 2.05) is 44.2 Å². The Balaban J connectivity index is 4.40. The number of amides is 1. The third-order valence-corrected chi connectivity index (χ3v) is 6.48. The quantitative estimate of drug-likeness (QED) is 0.332. The van der Waals surface area contributed by atoms with E-state index in [1.54, 1.807) is 8.93 Å². The van der Waals surface area contributed by atoms with Crippen molar-refractivity contribution in [1.29, 1.82) is 0 Å². The molecule has 0 bridgehead atoms. The van der Waals surface area contributed by atoms with Crippen LogP contribution in [-0.2, 0) is 4.74 Å². The summed E-state index contributed by atoms with van der Waals surface area (Å²) in [4.78, 5) is 11.6. The van der Waals surface area contributed by atoms with Gasteiger partial charge in [-0.2, -0.15) is 0 Å². The number of hydrogen-bond acceptors (Lipinski definition) is 3. The highest BCUT2D eigenvalue weighted by Crippen LogP contribution is 2.35. The van der Waals surface area contributed by atoms with Gasteiger partial charge in [-0.15, -0.1) is 0 Å². The van der Waals surface area contributed by atoms with Crippen molar-refractivity contribution >= 4 is 36.2 Å². The second kappa shape index (κ2) is 11.3. The van der Waals surface area contributed by atoms with E-state index in [9.17, 15) is 4.79 Å². The van der Waals surface area contributed by atoms with Crippen molar-refractivity contribution in [3.8, 4) is 0 Å². The summed E-state index contributed by atoms with van der Waals surface area (Å²) in [5.74, 6) is 0. The molecule has 0 aliphatic carbocycles. The molecule has 1 N–H and O–H groups in total. The fraction of sp³-hybridized carbons (Fsp3) is 0.533. The highest BCUT2D eigenvalue weighted by molar-refractivity contribution is 14.2. The van der Waals surface area contributed by atoms with Gasteiger partial charge in [0.1, 0.15) is 6.61 Å². The second-order valence-electron chi connectivity index (χ2n) is 4.23. The minimum absolute atomic E-state index is 0.242. The summed E-state index contributed by atoms with van der Waals surface area (Å²) in [5, 5.41) is 2.96. The summed E-state index contributed by atoms with van der Waals surface area (Å²) in [6, 6.07) is 0. The Kier molecular flexibility index (Phi) is 11.0. The van der Waals surface area contributed by atoms with E-state index >= 15 is 0 Å². The first-order valence-corrected chi connectivity index (χ1v) is 10.1. The summed E-state index contributed by atoms with van der Waals surface area (Å²) >= 11 is 2.22. The lowest BCUT2D eigenvalue weighted by Gasteiger charge is -2.29. The van der Waals surface area contributed by atoms with Crippen LogP contribution in [0.5, 0.6) is 0 Å². The standard InChI is InChI=1S/C15H24INO2S/c1-5-9-10-11-13(6-2)12-19-14(18)17-15(7-3,8-4)20-16/h5-6,9-11H,7-8,12H2,1-4H3,(H,17,18)/b9-5-,11-10-,13-6+. The lowest BCUT2D eigenvalue weighted by atomic mass is 10.1. The number of allylic oxidation sites excluding steroid dienone is 4. The molecule has 0 aliphatic heterocycles. The highest BCUT2D eigenvalue weighted by Gasteiger charge is 2.28. The van der Waals surface area contributed by atoms with Gasteiger partial charge in [0.2, 0.25) is 0 Å².